The van der Waals surface area contributed by atoms with Crippen molar-refractivity contribution < 1.29 is 12.8 Å². The molecule has 0 aliphatic rings. The second kappa shape index (κ2) is 5.50. The predicted molar refractivity (Wildman–Crippen MR) is 80.3 cm³/mol. The van der Waals surface area contributed by atoms with Gasteiger partial charge in [-0.1, -0.05) is 11.6 Å². The molecule has 0 unspecified atom stereocenters. The first-order chi connectivity index (χ1) is 9.70. The molecular formula is C13H13ClFN3O2S. The van der Waals surface area contributed by atoms with Gasteiger partial charge in [0.2, 0.25) is 0 Å². The lowest BCUT2D eigenvalue weighted by atomic mass is 10.2. The van der Waals surface area contributed by atoms with E-state index < -0.39 is 15.8 Å². The molecule has 0 bridgehead atoms. The van der Waals surface area contributed by atoms with Crippen molar-refractivity contribution in [2.45, 2.75) is 18.7 Å². The van der Waals surface area contributed by atoms with Crippen molar-refractivity contribution >= 4 is 33.0 Å². The molecule has 5 nitrogen and oxygen atoms in total. The van der Waals surface area contributed by atoms with Gasteiger partial charge in [0, 0.05) is 0 Å². The Kier molecular flexibility index (Phi) is 4.06. The fraction of sp³-hybridized carbons (Fsp3) is 0.154. The molecule has 3 N–H and O–H groups in total. The molecule has 1 aromatic carbocycles. The average Bonchev–Trinajstić information content (AvgIpc) is 2.37. The molecule has 1 heterocycles. The maximum absolute atomic E-state index is 13.3. The molecule has 2 rings (SSSR count). The minimum absolute atomic E-state index is 0.0873. The van der Waals surface area contributed by atoms with Crippen molar-refractivity contribution in [3.63, 3.8) is 0 Å². The van der Waals surface area contributed by atoms with Gasteiger partial charge in [-0.3, -0.25) is 4.72 Å². The summed E-state index contributed by atoms with van der Waals surface area (Å²) in [6.45, 7) is 3.11. The van der Waals surface area contributed by atoms with Gasteiger partial charge < -0.3 is 5.73 Å². The Labute approximate surface area is 127 Å². The number of aryl methyl sites for hydroxylation is 2. The molecule has 8 heteroatoms. The van der Waals surface area contributed by atoms with E-state index >= 15 is 0 Å². The zero-order valence-electron chi connectivity index (χ0n) is 11.3. The molecular weight excluding hydrogens is 317 g/mol. The van der Waals surface area contributed by atoms with E-state index in [1.807, 2.05) is 0 Å². The lowest BCUT2D eigenvalue weighted by Crippen LogP contribution is -2.16. The summed E-state index contributed by atoms with van der Waals surface area (Å²) in [5.41, 5.74) is 6.18. The smallest absolute Gasteiger partial charge is 0.262 e. The molecule has 21 heavy (non-hydrogen) atoms. The number of nitrogens with two attached hydrogens (primary N) is 1. The van der Waals surface area contributed by atoms with Crippen LogP contribution in [0.15, 0.2) is 29.2 Å². The van der Waals surface area contributed by atoms with Gasteiger partial charge in [-0.2, -0.15) is 0 Å². The number of aromatic nitrogens is 1. The number of nitrogen functional groups attached to an aromatic ring is 1. The van der Waals surface area contributed by atoms with Crippen LogP contribution in [0.1, 0.15) is 11.3 Å². The summed E-state index contributed by atoms with van der Waals surface area (Å²) in [4.78, 5) is 3.87. The molecule has 0 aliphatic heterocycles. The molecule has 1 aromatic heterocycles. The van der Waals surface area contributed by atoms with E-state index in [4.69, 9.17) is 17.3 Å². The van der Waals surface area contributed by atoms with Gasteiger partial charge in [0.1, 0.15) is 11.0 Å². The van der Waals surface area contributed by atoms with Gasteiger partial charge in [0.25, 0.3) is 10.0 Å². The first-order valence-corrected chi connectivity index (χ1v) is 7.78. The largest absolute Gasteiger partial charge is 0.396 e. The van der Waals surface area contributed by atoms with Crippen LogP contribution < -0.4 is 10.5 Å². The van der Waals surface area contributed by atoms with Crippen LogP contribution in [0.5, 0.6) is 0 Å². The van der Waals surface area contributed by atoms with Crippen molar-refractivity contribution in [2.24, 2.45) is 0 Å². The lowest BCUT2D eigenvalue weighted by molar-refractivity contribution is 0.599. The monoisotopic (exact) mass is 329 g/mol. The Morgan fingerprint density at radius 3 is 2.57 bits per heavy atom. The summed E-state index contributed by atoms with van der Waals surface area (Å²) < 4.78 is 40.5. The quantitative estimate of drug-likeness (QED) is 0.669. The summed E-state index contributed by atoms with van der Waals surface area (Å²) in [6.07, 6.45) is 0. The minimum Gasteiger partial charge on any atom is -0.396 e. The third kappa shape index (κ3) is 3.25. The van der Waals surface area contributed by atoms with Crippen LogP contribution in [0.2, 0.25) is 5.15 Å². The first-order valence-electron chi connectivity index (χ1n) is 5.92. The molecule has 0 amide bonds. The number of pyridine rings is 1. The van der Waals surface area contributed by atoms with Crippen LogP contribution in [0.3, 0.4) is 0 Å². The molecule has 0 fully saturated rings. The summed E-state index contributed by atoms with van der Waals surface area (Å²) in [7, 11) is -3.90. The summed E-state index contributed by atoms with van der Waals surface area (Å²) in [5.74, 6) is -0.657. The van der Waals surface area contributed by atoms with Gasteiger partial charge in [0.15, 0.2) is 0 Å². The van der Waals surface area contributed by atoms with Gasteiger partial charge in [0.05, 0.1) is 22.0 Å². The number of rotatable bonds is 3. The molecule has 0 aliphatic carbocycles. The lowest BCUT2D eigenvalue weighted by Gasteiger charge is -2.13. The number of benzene rings is 1. The molecule has 2 aromatic rings. The highest BCUT2D eigenvalue weighted by Crippen LogP contribution is 2.25. The fourth-order valence-corrected chi connectivity index (χ4v) is 3.37. The van der Waals surface area contributed by atoms with E-state index in [-0.39, 0.29) is 21.3 Å². The van der Waals surface area contributed by atoms with E-state index in [9.17, 15) is 12.8 Å². The third-order valence-corrected chi connectivity index (χ3v) is 4.60. The normalized spacial score (nSPS) is 11.4. The highest BCUT2D eigenvalue weighted by atomic mass is 35.5. The molecule has 0 spiro atoms. The maximum Gasteiger partial charge on any atom is 0.262 e. The minimum atomic E-state index is -3.90. The van der Waals surface area contributed by atoms with Crippen molar-refractivity contribution in [1.29, 1.82) is 0 Å². The van der Waals surface area contributed by atoms with E-state index in [0.717, 1.165) is 12.1 Å². The Bertz CT molecular complexity index is 809. The zero-order chi connectivity index (χ0) is 15.8. The van der Waals surface area contributed by atoms with Crippen LogP contribution >= 0.6 is 11.6 Å². The van der Waals surface area contributed by atoms with Crippen LogP contribution in [0.25, 0.3) is 0 Å². The predicted octanol–water partition coefficient (Wildman–Crippen LogP) is 2.87. The second-order valence-electron chi connectivity index (χ2n) is 4.51. The number of hydrogen-bond donors (Lipinski definition) is 2. The third-order valence-electron chi connectivity index (χ3n) is 2.88. The Morgan fingerprint density at radius 1 is 1.29 bits per heavy atom. The fourth-order valence-electron chi connectivity index (χ4n) is 1.80. The van der Waals surface area contributed by atoms with Crippen LogP contribution in [0.4, 0.5) is 15.8 Å². The highest BCUT2D eigenvalue weighted by molar-refractivity contribution is 7.92. The SMILES string of the molecule is Cc1cc(F)c(N)cc1S(=O)(=O)Nc1ccc(Cl)nc1C. The molecule has 0 radical (unpaired) electrons. The van der Waals surface area contributed by atoms with E-state index in [1.165, 1.54) is 19.1 Å². The molecule has 0 saturated heterocycles. The van der Waals surface area contributed by atoms with E-state index in [2.05, 4.69) is 9.71 Å². The summed E-state index contributed by atoms with van der Waals surface area (Å²) in [6, 6.07) is 5.14. The number of sulfonamides is 1. The summed E-state index contributed by atoms with van der Waals surface area (Å²) in [5, 5.41) is 0.262. The number of nitrogens with one attached hydrogen (secondary N) is 1. The van der Waals surface area contributed by atoms with Crippen molar-refractivity contribution in [1.82, 2.24) is 4.98 Å². The van der Waals surface area contributed by atoms with Crippen LogP contribution in [0, 0.1) is 19.7 Å². The van der Waals surface area contributed by atoms with E-state index in [1.54, 1.807) is 6.92 Å². The van der Waals surface area contributed by atoms with Crippen LogP contribution in [-0.2, 0) is 10.0 Å². The number of nitrogens with zero attached hydrogens (tertiary/aromatic N) is 1. The zero-order valence-corrected chi connectivity index (χ0v) is 12.9. The first kappa shape index (κ1) is 15.5. The Hall–Kier alpha value is -1.86. The molecule has 0 atom stereocenters. The van der Waals surface area contributed by atoms with Gasteiger partial charge in [-0.15, -0.1) is 0 Å². The van der Waals surface area contributed by atoms with Crippen molar-refractivity contribution in [2.75, 3.05) is 10.5 Å². The molecule has 112 valence electrons. The highest BCUT2D eigenvalue weighted by Gasteiger charge is 2.20. The van der Waals surface area contributed by atoms with E-state index in [0.29, 0.717) is 11.4 Å². The van der Waals surface area contributed by atoms with Crippen LogP contribution in [-0.4, -0.2) is 13.4 Å². The standard InChI is InChI=1S/C13H13ClFN3O2S/c1-7-5-9(15)10(16)6-12(7)21(19,20)18-11-3-4-13(14)17-8(11)2/h3-6,18H,16H2,1-2H3. The Balaban J connectivity index is 2.46. The van der Waals surface area contributed by atoms with Gasteiger partial charge >= 0.3 is 0 Å². The number of halogens is 2. The van der Waals surface area contributed by atoms with Crippen molar-refractivity contribution in [3.05, 3.63) is 46.5 Å². The van der Waals surface area contributed by atoms with Gasteiger partial charge in [-0.05, 0) is 43.7 Å². The Morgan fingerprint density at radius 2 is 1.95 bits per heavy atom. The average molecular weight is 330 g/mol. The topological polar surface area (TPSA) is 85.1 Å². The van der Waals surface area contributed by atoms with Gasteiger partial charge in [-0.25, -0.2) is 17.8 Å². The number of anilines is 2. The summed E-state index contributed by atoms with van der Waals surface area (Å²) >= 11 is 5.72. The number of hydrogen-bond acceptors (Lipinski definition) is 4. The van der Waals surface area contributed by atoms with Crippen molar-refractivity contribution in [3.8, 4) is 0 Å². The molecule has 0 saturated carbocycles. The second-order valence-corrected chi connectivity index (χ2v) is 6.55. The maximum atomic E-state index is 13.3.